The number of hydrogen-bond acceptors (Lipinski definition) is 2. The summed E-state index contributed by atoms with van der Waals surface area (Å²) in [7, 11) is 2.25. The second-order valence-corrected chi connectivity index (χ2v) is 10.2. The van der Waals surface area contributed by atoms with Gasteiger partial charge in [-0.05, 0) is 24.2 Å². The Kier molecular flexibility index (Phi) is 4.65. The third-order valence-electron chi connectivity index (χ3n) is 2.87. The van der Waals surface area contributed by atoms with Crippen molar-refractivity contribution in [2.75, 3.05) is 14.1 Å². The molecule has 0 aliphatic rings. The quantitative estimate of drug-likeness (QED) is 0.413. The number of allylic oxidation sites excluding steroid dienone is 2. The molecule has 0 aromatic heterocycles. The first kappa shape index (κ1) is 14.3. The van der Waals surface area contributed by atoms with Gasteiger partial charge in [-0.1, -0.05) is 33.4 Å². The van der Waals surface area contributed by atoms with Gasteiger partial charge in [-0.3, -0.25) is 0 Å². The van der Waals surface area contributed by atoms with Crippen molar-refractivity contribution in [1.29, 1.82) is 0 Å². The van der Waals surface area contributed by atoms with Crippen LogP contribution in [0.2, 0.25) is 18.1 Å². The highest BCUT2D eigenvalue weighted by Gasteiger charge is 2.39. The van der Waals surface area contributed by atoms with E-state index in [1.54, 1.807) is 6.08 Å². The van der Waals surface area contributed by atoms with Crippen molar-refractivity contribution in [3.05, 3.63) is 24.6 Å². The van der Waals surface area contributed by atoms with Crippen LogP contribution in [0.1, 0.15) is 20.8 Å². The van der Waals surface area contributed by atoms with Gasteiger partial charge in [0.1, 0.15) is 0 Å². The van der Waals surface area contributed by atoms with E-state index < -0.39 is 8.32 Å². The monoisotopic (exact) mass is 227 g/mol. The van der Waals surface area contributed by atoms with Crippen LogP contribution in [0.5, 0.6) is 0 Å². The van der Waals surface area contributed by atoms with E-state index in [1.807, 2.05) is 25.1 Å². The van der Waals surface area contributed by atoms with Gasteiger partial charge < -0.3 is 9.33 Å². The SMILES string of the molecule is C=C/C=C(/O[Si](C)(C)C(C)(C)C)N(C)C. The average molecular weight is 227 g/mol. The van der Waals surface area contributed by atoms with Crippen molar-refractivity contribution in [1.82, 2.24) is 4.90 Å². The molecule has 0 aliphatic carbocycles. The standard InChI is InChI=1S/C12H25NOSi/c1-9-10-11(13(5)6)14-15(7,8)12(2,3)4/h9-10H,1H2,2-8H3/b11-10+. The van der Waals surface area contributed by atoms with E-state index in [-0.39, 0.29) is 5.04 Å². The predicted octanol–water partition coefficient (Wildman–Crippen LogP) is 3.60. The van der Waals surface area contributed by atoms with Crippen molar-refractivity contribution in [2.24, 2.45) is 0 Å². The summed E-state index contributed by atoms with van der Waals surface area (Å²) < 4.78 is 6.16. The minimum Gasteiger partial charge on any atom is -0.532 e. The summed E-state index contributed by atoms with van der Waals surface area (Å²) in [6.07, 6.45) is 3.68. The molecule has 0 N–H and O–H groups in total. The van der Waals surface area contributed by atoms with Crippen LogP contribution in [0, 0.1) is 0 Å². The average Bonchev–Trinajstić information content (AvgIpc) is 2.00. The smallest absolute Gasteiger partial charge is 0.252 e. The van der Waals surface area contributed by atoms with E-state index in [1.165, 1.54) is 0 Å². The molecular weight excluding hydrogens is 202 g/mol. The van der Waals surface area contributed by atoms with Gasteiger partial charge in [0, 0.05) is 14.1 Å². The molecule has 0 atom stereocenters. The Hall–Kier alpha value is -0.703. The second-order valence-electron chi connectivity index (χ2n) is 5.50. The van der Waals surface area contributed by atoms with E-state index in [0.717, 1.165) is 5.88 Å². The number of hydrogen-bond donors (Lipinski definition) is 0. The first-order valence-corrected chi connectivity index (χ1v) is 8.21. The molecule has 0 radical (unpaired) electrons. The summed E-state index contributed by atoms with van der Waals surface area (Å²) in [4.78, 5) is 1.99. The lowest BCUT2D eigenvalue weighted by molar-refractivity contribution is 0.262. The highest BCUT2D eigenvalue weighted by Crippen LogP contribution is 2.38. The normalized spacial score (nSPS) is 13.7. The zero-order valence-electron chi connectivity index (χ0n) is 11.2. The van der Waals surface area contributed by atoms with E-state index in [2.05, 4.69) is 40.4 Å². The molecule has 0 saturated carbocycles. The second kappa shape index (κ2) is 4.88. The van der Waals surface area contributed by atoms with Crippen LogP contribution in [0.3, 0.4) is 0 Å². The first-order valence-electron chi connectivity index (χ1n) is 5.31. The Balaban J connectivity index is 4.83. The summed E-state index contributed by atoms with van der Waals surface area (Å²) in [6.45, 7) is 14.9. The van der Waals surface area contributed by atoms with E-state index in [9.17, 15) is 0 Å². The lowest BCUT2D eigenvalue weighted by atomic mass is 10.2. The first-order chi connectivity index (χ1) is 6.62. The van der Waals surface area contributed by atoms with Gasteiger partial charge in [-0.15, -0.1) is 0 Å². The van der Waals surface area contributed by atoms with Crippen LogP contribution >= 0.6 is 0 Å². The molecule has 15 heavy (non-hydrogen) atoms. The fraction of sp³-hybridized carbons (Fsp3) is 0.667. The maximum atomic E-state index is 6.16. The molecule has 0 aromatic rings. The Bertz CT molecular complexity index is 249. The molecule has 0 aromatic carbocycles. The fourth-order valence-electron chi connectivity index (χ4n) is 0.790. The molecule has 3 heteroatoms. The molecule has 88 valence electrons. The largest absolute Gasteiger partial charge is 0.532 e. The van der Waals surface area contributed by atoms with Gasteiger partial charge in [0.15, 0.2) is 5.88 Å². The lowest BCUT2D eigenvalue weighted by Gasteiger charge is -2.38. The molecule has 0 spiro atoms. The minimum absolute atomic E-state index is 0.225. The summed E-state index contributed by atoms with van der Waals surface area (Å²) in [5.41, 5.74) is 0. The Morgan fingerprint density at radius 3 is 2.00 bits per heavy atom. The predicted molar refractivity (Wildman–Crippen MR) is 70.2 cm³/mol. The third kappa shape index (κ3) is 4.12. The molecule has 0 saturated heterocycles. The Morgan fingerprint density at radius 2 is 1.73 bits per heavy atom. The molecule has 0 heterocycles. The van der Waals surface area contributed by atoms with Crippen molar-refractivity contribution in [3.8, 4) is 0 Å². The molecule has 0 aliphatic heterocycles. The minimum atomic E-state index is -1.73. The van der Waals surface area contributed by atoms with Gasteiger partial charge >= 0.3 is 0 Å². The van der Waals surface area contributed by atoms with Crippen LogP contribution in [0.15, 0.2) is 24.6 Å². The Morgan fingerprint density at radius 1 is 1.27 bits per heavy atom. The summed E-state index contributed by atoms with van der Waals surface area (Å²) in [6, 6.07) is 0. The van der Waals surface area contributed by atoms with Gasteiger partial charge in [0.25, 0.3) is 8.32 Å². The lowest BCUT2D eigenvalue weighted by Crippen LogP contribution is -2.42. The van der Waals surface area contributed by atoms with Crippen molar-refractivity contribution < 1.29 is 4.43 Å². The summed E-state index contributed by atoms with van der Waals surface area (Å²) in [5, 5.41) is 0.225. The van der Waals surface area contributed by atoms with Gasteiger partial charge in [-0.25, -0.2) is 0 Å². The highest BCUT2D eigenvalue weighted by atomic mass is 28.4. The molecule has 0 fully saturated rings. The van der Waals surface area contributed by atoms with Crippen molar-refractivity contribution >= 4 is 8.32 Å². The molecule has 0 unspecified atom stereocenters. The van der Waals surface area contributed by atoms with Crippen molar-refractivity contribution in [3.63, 3.8) is 0 Å². The summed E-state index contributed by atoms with van der Waals surface area (Å²) in [5.74, 6) is 0.900. The maximum Gasteiger partial charge on any atom is 0.252 e. The number of rotatable bonds is 4. The van der Waals surface area contributed by atoms with Crippen LogP contribution in [0.25, 0.3) is 0 Å². The van der Waals surface area contributed by atoms with Crippen LogP contribution < -0.4 is 0 Å². The van der Waals surface area contributed by atoms with Crippen LogP contribution in [-0.2, 0) is 4.43 Å². The van der Waals surface area contributed by atoms with Crippen LogP contribution in [-0.4, -0.2) is 27.3 Å². The third-order valence-corrected chi connectivity index (χ3v) is 7.20. The van der Waals surface area contributed by atoms with Gasteiger partial charge in [0.2, 0.25) is 0 Å². The molecular formula is C12H25NOSi. The van der Waals surface area contributed by atoms with E-state index in [4.69, 9.17) is 4.43 Å². The highest BCUT2D eigenvalue weighted by molar-refractivity contribution is 6.74. The molecule has 0 bridgehead atoms. The zero-order valence-corrected chi connectivity index (χ0v) is 12.2. The molecule has 0 amide bonds. The molecule has 0 rings (SSSR count). The van der Waals surface area contributed by atoms with Crippen LogP contribution in [0.4, 0.5) is 0 Å². The molecule has 2 nitrogen and oxygen atoms in total. The fourth-order valence-corrected chi connectivity index (χ4v) is 1.87. The van der Waals surface area contributed by atoms with Crippen molar-refractivity contribution in [2.45, 2.75) is 38.9 Å². The maximum absolute atomic E-state index is 6.16. The number of nitrogens with zero attached hydrogens (tertiary/aromatic N) is 1. The topological polar surface area (TPSA) is 12.5 Å². The van der Waals surface area contributed by atoms with Gasteiger partial charge in [-0.2, -0.15) is 0 Å². The zero-order chi connectivity index (χ0) is 12.3. The van der Waals surface area contributed by atoms with Gasteiger partial charge in [0.05, 0.1) is 0 Å². The summed E-state index contributed by atoms with van der Waals surface area (Å²) >= 11 is 0. The van der Waals surface area contributed by atoms with E-state index >= 15 is 0 Å². The van der Waals surface area contributed by atoms with E-state index in [0.29, 0.717) is 0 Å². The Labute approximate surface area is 95.8 Å².